The zero-order valence-corrected chi connectivity index (χ0v) is 10.7. The molecule has 0 spiro atoms. The van der Waals surface area contributed by atoms with Crippen LogP contribution in [0.15, 0.2) is 18.2 Å². The Labute approximate surface area is 110 Å². The van der Waals surface area contributed by atoms with Gasteiger partial charge >= 0.3 is 12.0 Å². The first-order chi connectivity index (χ1) is 8.93. The van der Waals surface area contributed by atoms with Crippen molar-refractivity contribution in [2.24, 2.45) is 0 Å². The number of nitrogens with zero attached hydrogens (tertiary/aromatic N) is 1. The second kappa shape index (κ2) is 6.58. The molecule has 0 fully saturated rings. The molecule has 0 atom stereocenters. The molecule has 104 valence electrons. The number of rotatable bonds is 5. The Bertz CT molecular complexity index is 477. The minimum absolute atomic E-state index is 0.0749. The number of hydrogen-bond acceptors (Lipinski definition) is 3. The van der Waals surface area contributed by atoms with Crippen molar-refractivity contribution in [3.05, 3.63) is 29.6 Å². The second-order valence-corrected chi connectivity index (χ2v) is 4.02. The summed E-state index contributed by atoms with van der Waals surface area (Å²) in [7, 11) is 3.20. The number of aromatic carboxylic acids is 1. The van der Waals surface area contributed by atoms with Crippen LogP contribution in [-0.2, 0) is 0 Å². The van der Waals surface area contributed by atoms with Crippen LogP contribution in [0.4, 0.5) is 14.9 Å². The van der Waals surface area contributed by atoms with E-state index in [0.717, 1.165) is 0 Å². The molecule has 0 aliphatic rings. The lowest BCUT2D eigenvalue weighted by atomic mass is 10.1. The molecule has 0 aliphatic carbocycles. The number of carboxylic acids is 1. The summed E-state index contributed by atoms with van der Waals surface area (Å²) >= 11 is 0. The molecule has 19 heavy (non-hydrogen) atoms. The van der Waals surface area contributed by atoms with Gasteiger partial charge in [0, 0.05) is 27.2 Å². The molecule has 3 N–H and O–H groups in total. The Kier molecular flexibility index (Phi) is 5.11. The third kappa shape index (κ3) is 4.13. The first-order valence-electron chi connectivity index (χ1n) is 5.64. The van der Waals surface area contributed by atoms with Crippen molar-refractivity contribution in [3.8, 4) is 0 Å². The third-order valence-corrected chi connectivity index (χ3v) is 2.35. The highest BCUT2D eigenvalue weighted by atomic mass is 19.1. The molecule has 0 aliphatic heterocycles. The van der Waals surface area contributed by atoms with Crippen LogP contribution < -0.4 is 10.6 Å². The van der Waals surface area contributed by atoms with Gasteiger partial charge in [-0.1, -0.05) is 6.07 Å². The molecular weight excluding hydrogens is 253 g/mol. The van der Waals surface area contributed by atoms with Gasteiger partial charge in [-0.2, -0.15) is 0 Å². The van der Waals surface area contributed by atoms with Crippen molar-refractivity contribution in [2.45, 2.75) is 0 Å². The van der Waals surface area contributed by atoms with Crippen LogP contribution in [0.1, 0.15) is 10.4 Å². The van der Waals surface area contributed by atoms with Crippen molar-refractivity contribution in [1.82, 2.24) is 10.2 Å². The van der Waals surface area contributed by atoms with Crippen molar-refractivity contribution in [3.63, 3.8) is 0 Å². The average molecular weight is 269 g/mol. The van der Waals surface area contributed by atoms with Gasteiger partial charge in [0.2, 0.25) is 0 Å². The lowest BCUT2D eigenvalue weighted by molar-refractivity contribution is 0.0697. The number of carbonyl (C=O) groups excluding carboxylic acids is 1. The van der Waals surface area contributed by atoms with Gasteiger partial charge in [0.15, 0.2) is 0 Å². The molecule has 0 heterocycles. The summed E-state index contributed by atoms with van der Waals surface area (Å²) in [5, 5.41) is 14.2. The maximum atomic E-state index is 13.5. The molecule has 7 heteroatoms. The van der Waals surface area contributed by atoms with Gasteiger partial charge in [0.25, 0.3) is 0 Å². The number of halogens is 1. The first kappa shape index (κ1) is 14.7. The van der Waals surface area contributed by atoms with E-state index >= 15 is 0 Å². The highest BCUT2D eigenvalue weighted by Gasteiger charge is 2.13. The Morgan fingerprint density at radius 1 is 1.32 bits per heavy atom. The number of urea groups is 1. The van der Waals surface area contributed by atoms with Gasteiger partial charge in [-0.25, -0.2) is 14.0 Å². The van der Waals surface area contributed by atoms with Crippen LogP contribution in [-0.4, -0.2) is 49.2 Å². The molecular formula is C12H16FN3O3. The Morgan fingerprint density at radius 3 is 2.58 bits per heavy atom. The molecule has 6 nitrogen and oxygen atoms in total. The van der Waals surface area contributed by atoms with Crippen LogP contribution in [0.2, 0.25) is 0 Å². The fraction of sp³-hybridized carbons (Fsp3) is 0.333. The second-order valence-electron chi connectivity index (χ2n) is 4.02. The first-order valence-corrected chi connectivity index (χ1v) is 5.64. The lowest BCUT2D eigenvalue weighted by Gasteiger charge is -2.13. The topological polar surface area (TPSA) is 81.7 Å². The summed E-state index contributed by atoms with van der Waals surface area (Å²) in [6.45, 7) is 0.477. The van der Waals surface area contributed by atoms with Gasteiger partial charge in [-0.15, -0.1) is 0 Å². The minimum Gasteiger partial charge on any atom is -0.478 e. The van der Waals surface area contributed by atoms with E-state index in [-0.39, 0.29) is 30.4 Å². The molecule has 0 saturated heterocycles. The van der Waals surface area contributed by atoms with Crippen LogP contribution in [0.3, 0.4) is 0 Å². The number of amides is 2. The van der Waals surface area contributed by atoms with Gasteiger partial charge in [0.05, 0.1) is 11.3 Å². The average Bonchev–Trinajstić information content (AvgIpc) is 2.35. The monoisotopic (exact) mass is 269 g/mol. The largest absolute Gasteiger partial charge is 0.478 e. The summed E-state index contributed by atoms with van der Waals surface area (Å²) in [4.78, 5) is 23.5. The molecule has 0 bridgehead atoms. The molecule has 1 aromatic rings. The van der Waals surface area contributed by atoms with Gasteiger partial charge in [-0.3, -0.25) is 0 Å². The predicted octanol–water partition coefficient (Wildman–Crippen LogP) is 1.21. The summed E-state index contributed by atoms with van der Waals surface area (Å²) in [5.41, 5.74) is -0.215. The van der Waals surface area contributed by atoms with Crippen molar-refractivity contribution in [2.75, 3.05) is 32.5 Å². The van der Waals surface area contributed by atoms with Gasteiger partial charge in [-0.05, 0) is 12.1 Å². The normalized spacial score (nSPS) is 9.84. The van der Waals surface area contributed by atoms with E-state index in [0.29, 0.717) is 0 Å². The maximum absolute atomic E-state index is 13.5. The van der Waals surface area contributed by atoms with Crippen molar-refractivity contribution >= 4 is 17.7 Å². The number of hydrogen-bond donors (Lipinski definition) is 3. The third-order valence-electron chi connectivity index (χ3n) is 2.35. The van der Waals surface area contributed by atoms with Crippen LogP contribution in [0.25, 0.3) is 0 Å². The Hall–Kier alpha value is -2.31. The highest BCUT2D eigenvalue weighted by molar-refractivity contribution is 5.94. The molecule has 1 rings (SSSR count). The Morgan fingerprint density at radius 2 is 2.00 bits per heavy atom. The van der Waals surface area contributed by atoms with Gasteiger partial charge in [0.1, 0.15) is 5.82 Å². The van der Waals surface area contributed by atoms with Crippen LogP contribution >= 0.6 is 0 Å². The molecule has 1 aromatic carbocycles. The SMILES string of the molecule is CN(C)C(=O)NCCNc1c(F)cccc1C(=O)O. The quantitative estimate of drug-likeness (QED) is 0.702. The lowest BCUT2D eigenvalue weighted by Crippen LogP contribution is -2.37. The summed E-state index contributed by atoms with van der Waals surface area (Å²) < 4.78 is 13.5. The number of carboxylic acid groups (broad SMARTS) is 1. The van der Waals surface area contributed by atoms with Crippen molar-refractivity contribution < 1.29 is 19.1 Å². The van der Waals surface area contributed by atoms with Gasteiger partial charge < -0.3 is 20.6 Å². The summed E-state index contributed by atoms with van der Waals surface area (Å²) in [5.74, 6) is -1.85. The zero-order chi connectivity index (χ0) is 14.4. The molecule has 0 unspecified atom stereocenters. The molecule has 0 aromatic heterocycles. The number of nitrogens with one attached hydrogen (secondary N) is 2. The highest BCUT2D eigenvalue weighted by Crippen LogP contribution is 2.19. The molecule has 0 radical (unpaired) electrons. The van der Waals surface area contributed by atoms with E-state index in [2.05, 4.69) is 10.6 Å². The maximum Gasteiger partial charge on any atom is 0.337 e. The summed E-state index contributed by atoms with van der Waals surface area (Å²) in [6.07, 6.45) is 0. The van der Waals surface area contributed by atoms with E-state index in [1.165, 1.54) is 23.1 Å². The minimum atomic E-state index is -1.21. The summed E-state index contributed by atoms with van der Waals surface area (Å²) in [6, 6.07) is 3.55. The van der Waals surface area contributed by atoms with Crippen molar-refractivity contribution in [1.29, 1.82) is 0 Å². The van der Waals surface area contributed by atoms with E-state index in [1.54, 1.807) is 14.1 Å². The van der Waals surface area contributed by atoms with E-state index in [4.69, 9.17) is 5.11 Å². The number of anilines is 1. The van der Waals surface area contributed by atoms with Crippen LogP contribution in [0.5, 0.6) is 0 Å². The standard InChI is InChI=1S/C12H16FN3O3/c1-16(2)12(19)15-7-6-14-10-8(11(17)18)4-3-5-9(10)13/h3-5,14H,6-7H2,1-2H3,(H,15,19)(H,17,18). The van der Waals surface area contributed by atoms with E-state index in [9.17, 15) is 14.0 Å². The number of carbonyl (C=O) groups is 2. The van der Waals surface area contributed by atoms with E-state index < -0.39 is 11.8 Å². The fourth-order valence-electron chi connectivity index (χ4n) is 1.40. The predicted molar refractivity (Wildman–Crippen MR) is 68.9 cm³/mol. The smallest absolute Gasteiger partial charge is 0.337 e. The number of benzene rings is 1. The molecule has 0 saturated carbocycles. The number of para-hydroxylation sites is 1. The zero-order valence-electron chi connectivity index (χ0n) is 10.7. The Balaban J connectivity index is 2.58. The fourth-order valence-corrected chi connectivity index (χ4v) is 1.40. The molecule has 2 amide bonds. The van der Waals surface area contributed by atoms with E-state index in [1.807, 2.05) is 0 Å². The van der Waals surface area contributed by atoms with Crippen LogP contribution in [0, 0.1) is 5.82 Å².